The number of benzene rings is 4. The number of sulfonamides is 1. The molecule has 38 heavy (non-hydrogen) atoms. The first kappa shape index (κ1) is 27.2. The first-order valence-corrected chi connectivity index (χ1v) is 13.7. The van der Waals surface area contributed by atoms with E-state index < -0.39 is 21.7 Å². The molecule has 0 saturated heterocycles. The summed E-state index contributed by atoms with van der Waals surface area (Å²) in [4.78, 5) is 25.8. The molecule has 0 aliphatic heterocycles. The SMILES string of the molecule is CCOc1ccc(S(=O)(=O)Nc2ccc(Cl)cc2C(=O)c2ccccc2)cc1NC(=O)c1cccc(Cl)c1. The maximum atomic E-state index is 13.4. The Kier molecular flexibility index (Phi) is 8.36. The van der Waals surface area contributed by atoms with Crippen molar-refractivity contribution in [3.63, 3.8) is 0 Å². The Labute approximate surface area is 230 Å². The topological polar surface area (TPSA) is 102 Å². The van der Waals surface area contributed by atoms with Gasteiger partial charge in [-0.25, -0.2) is 8.42 Å². The molecule has 194 valence electrons. The molecule has 0 atom stereocenters. The van der Waals surface area contributed by atoms with Gasteiger partial charge in [0.2, 0.25) is 0 Å². The van der Waals surface area contributed by atoms with E-state index in [9.17, 15) is 18.0 Å². The van der Waals surface area contributed by atoms with Crippen LogP contribution in [0.25, 0.3) is 0 Å². The molecule has 0 aromatic heterocycles. The summed E-state index contributed by atoms with van der Waals surface area (Å²) in [5.41, 5.74) is 0.963. The summed E-state index contributed by atoms with van der Waals surface area (Å²) in [5, 5.41) is 3.35. The highest BCUT2D eigenvalue weighted by atomic mass is 35.5. The summed E-state index contributed by atoms with van der Waals surface area (Å²) >= 11 is 12.1. The normalized spacial score (nSPS) is 11.0. The second kappa shape index (κ2) is 11.7. The molecule has 0 spiro atoms. The number of ether oxygens (including phenoxy) is 1. The van der Waals surface area contributed by atoms with Crippen molar-refractivity contribution in [2.75, 3.05) is 16.6 Å². The molecule has 0 bridgehead atoms. The average Bonchev–Trinajstić information content (AvgIpc) is 2.90. The Morgan fingerprint density at radius 3 is 2.21 bits per heavy atom. The molecule has 1 amide bonds. The monoisotopic (exact) mass is 568 g/mol. The van der Waals surface area contributed by atoms with Gasteiger partial charge in [-0.3, -0.25) is 14.3 Å². The zero-order valence-corrected chi connectivity index (χ0v) is 22.4. The van der Waals surface area contributed by atoms with Crippen LogP contribution in [0.4, 0.5) is 11.4 Å². The number of hydrogen-bond donors (Lipinski definition) is 2. The molecule has 0 saturated carbocycles. The largest absolute Gasteiger partial charge is 0.492 e. The van der Waals surface area contributed by atoms with Crippen molar-refractivity contribution >= 4 is 56.3 Å². The minimum atomic E-state index is -4.20. The fraction of sp³-hybridized carbons (Fsp3) is 0.0714. The Bertz CT molecular complexity index is 1610. The van der Waals surface area contributed by atoms with Gasteiger partial charge in [-0.05, 0) is 61.5 Å². The summed E-state index contributed by atoms with van der Waals surface area (Å²) < 4.78 is 34.8. The van der Waals surface area contributed by atoms with Crippen LogP contribution < -0.4 is 14.8 Å². The van der Waals surface area contributed by atoms with Crippen LogP contribution in [0.3, 0.4) is 0 Å². The highest BCUT2D eigenvalue weighted by molar-refractivity contribution is 7.92. The molecule has 0 unspecified atom stereocenters. The van der Waals surface area contributed by atoms with E-state index in [1.165, 1.54) is 42.5 Å². The minimum Gasteiger partial charge on any atom is -0.492 e. The number of hydrogen-bond acceptors (Lipinski definition) is 5. The number of amides is 1. The van der Waals surface area contributed by atoms with Crippen molar-refractivity contribution in [2.24, 2.45) is 0 Å². The fourth-order valence-electron chi connectivity index (χ4n) is 3.62. The van der Waals surface area contributed by atoms with Crippen LogP contribution in [0, 0.1) is 0 Å². The Morgan fingerprint density at radius 1 is 0.789 bits per heavy atom. The van der Waals surface area contributed by atoms with E-state index in [4.69, 9.17) is 27.9 Å². The predicted octanol–water partition coefficient (Wildman–Crippen LogP) is 6.68. The Hall–Kier alpha value is -3.85. The highest BCUT2D eigenvalue weighted by Gasteiger charge is 2.22. The molecular formula is C28H22Cl2N2O5S. The standard InChI is InChI=1S/C28H22Cl2N2O5S/c1-2-37-26-14-12-22(17-25(26)31-28(34)19-9-6-10-20(29)15-19)38(35,36)32-24-13-11-21(30)16-23(24)27(33)18-7-4-3-5-8-18/h3-17,32H,2H2,1H3,(H,31,34). The summed E-state index contributed by atoms with van der Waals surface area (Å²) in [7, 11) is -4.20. The first-order chi connectivity index (χ1) is 18.2. The lowest BCUT2D eigenvalue weighted by Crippen LogP contribution is -2.17. The van der Waals surface area contributed by atoms with Crippen molar-refractivity contribution in [1.82, 2.24) is 0 Å². The van der Waals surface area contributed by atoms with Gasteiger partial charge >= 0.3 is 0 Å². The van der Waals surface area contributed by atoms with Gasteiger partial charge in [0.15, 0.2) is 5.78 Å². The quantitative estimate of drug-likeness (QED) is 0.219. The van der Waals surface area contributed by atoms with Gasteiger partial charge in [-0.2, -0.15) is 0 Å². The first-order valence-electron chi connectivity index (χ1n) is 11.4. The third-order valence-corrected chi connectivity index (χ3v) is 7.24. The lowest BCUT2D eigenvalue weighted by molar-refractivity contribution is 0.102. The van der Waals surface area contributed by atoms with Gasteiger partial charge < -0.3 is 10.1 Å². The summed E-state index contributed by atoms with van der Waals surface area (Å²) in [6.07, 6.45) is 0. The molecule has 0 aliphatic rings. The van der Waals surface area contributed by atoms with Crippen molar-refractivity contribution in [2.45, 2.75) is 11.8 Å². The van der Waals surface area contributed by atoms with E-state index in [0.717, 1.165) is 0 Å². The minimum absolute atomic E-state index is 0.0571. The molecular weight excluding hydrogens is 547 g/mol. The van der Waals surface area contributed by atoms with Gasteiger partial charge in [0.25, 0.3) is 15.9 Å². The number of ketones is 1. The van der Waals surface area contributed by atoms with E-state index in [1.807, 2.05) is 0 Å². The number of rotatable bonds is 9. The number of nitrogens with one attached hydrogen (secondary N) is 2. The molecule has 2 N–H and O–H groups in total. The molecule has 10 heteroatoms. The maximum Gasteiger partial charge on any atom is 0.261 e. The van der Waals surface area contributed by atoms with E-state index >= 15 is 0 Å². The molecule has 0 radical (unpaired) electrons. The molecule has 4 rings (SSSR count). The number of carbonyl (C=O) groups excluding carboxylic acids is 2. The summed E-state index contributed by atoms with van der Waals surface area (Å²) in [6, 6.07) is 23.2. The van der Waals surface area contributed by atoms with E-state index in [2.05, 4.69) is 10.0 Å². The number of anilines is 2. The van der Waals surface area contributed by atoms with Crippen LogP contribution >= 0.6 is 23.2 Å². The van der Waals surface area contributed by atoms with Crippen LogP contribution in [0.5, 0.6) is 5.75 Å². The lowest BCUT2D eigenvalue weighted by Gasteiger charge is -2.16. The number of halogens is 2. The van der Waals surface area contributed by atoms with Crippen LogP contribution in [0.2, 0.25) is 10.0 Å². The van der Waals surface area contributed by atoms with Crippen molar-refractivity contribution in [3.05, 3.63) is 118 Å². The average molecular weight is 569 g/mol. The predicted molar refractivity (Wildman–Crippen MR) is 149 cm³/mol. The maximum absolute atomic E-state index is 13.4. The zero-order valence-electron chi connectivity index (χ0n) is 20.1. The summed E-state index contributed by atoms with van der Waals surface area (Å²) in [5.74, 6) is -0.607. The number of carbonyl (C=O) groups is 2. The van der Waals surface area contributed by atoms with Crippen LogP contribution in [0.15, 0.2) is 95.9 Å². The molecule has 0 fully saturated rings. The molecule has 4 aromatic carbocycles. The van der Waals surface area contributed by atoms with Gasteiger partial charge in [0, 0.05) is 26.7 Å². The summed E-state index contributed by atoms with van der Waals surface area (Å²) in [6.45, 7) is 2.06. The molecule has 0 heterocycles. The van der Waals surface area contributed by atoms with Gasteiger partial charge in [-0.1, -0.05) is 59.6 Å². The molecule has 0 aliphatic carbocycles. The second-order valence-electron chi connectivity index (χ2n) is 8.05. The van der Waals surface area contributed by atoms with Crippen molar-refractivity contribution in [3.8, 4) is 5.75 Å². The van der Waals surface area contributed by atoms with Crippen LogP contribution in [0.1, 0.15) is 33.2 Å². The Morgan fingerprint density at radius 2 is 1.50 bits per heavy atom. The van der Waals surface area contributed by atoms with Crippen molar-refractivity contribution < 1.29 is 22.7 Å². The second-order valence-corrected chi connectivity index (χ2v) is 10.6. The van der Waals surface area contributed by atoms with Crippen LogP contribution in [-0.4, -0.2) is 26.7 Å². The highest BCUT2D eigenvalue weighted by Crippen LogP contribution is 2.31. The smallest absolute Gasteiger partial charge is 0.261 e. The van der Waals surface area contributed by atoms with E-state index in [1.54, 1.807) is 55.5 Å². The van der Waals surface area contributed by atoms with Gasteiger partial charge in [0.1, 0.15) is 5.75 Å². The zero-order chi connectivity index (χ0) is 27.3. The van der Waals surface area contributed by atoms with Gasteiger partial charge in [-0.15, -0.1) is 0 Å². The fourth-order valence-corrected chi connectivity index (χ4v) is 5.09. The van der Waals surface area contributed by atoms with Crippen molar-refractivity contribution in [1.29, 1.82) is 0 Å². The molecule has 7 nitrogen and oxygen atoms in total. The van der Waals surface area contributed by atoms with E-state index in [0.29, 0.717) is 17.2 Å². The third kappa shape index (κ3) is 6.34. The third-order valence-electron chi connectivity index (χ3n) is 5.40. The van der Waals surface area contributed by atoms with Crippen LogP contribution in [-0.2, 0) is 10.0 Å². The Balaban J connectivity index is 1.68. The lowest BCUT2D eigenvalue weighted by atomic mass is 10.0. The molecule has 4 aromatic rings. The van der Waals surface area contributed by atoms with E-state index in [-0.39, 0.29) is 38.2 Å². The van der Waals surface area contributed by atoms with Gasteiger partial charge in [0.05, 0.1) is 22.9 Å².